The van der Waals surface area contributed by atoms with E-state index in [2.05, 4.69) is 35.6 Å². The Morgan fingerprint density at radius 3 is 2.60 bits per heavy atom. The zero-order chi connectivity index (χ0) is 14.4. The van der Waals surface area contributed by atoms with Crippen LogP contribution in [0.3, 0.4) is 0 Å². The molecule has 1 saturated carbocycles. The molecule has 0 amide bonds. The molecule has 20 heavy (non-hydrogen) atoms. The van der Waals surface area contributed by atoms with Crippen LogP contribution in [0.4, 0.5) is 0 Å². The van der Waals surface area contributed by atoms with Crippen LogP contribution in [0.1, 0.15) is 51.0 Å². The summed E-state index contributed by atoms with van der Waals surface area (Å²) < 4.78 is 7.40. The van der Waals surface area contributed by atoms with Crippen molar-refractivity contribution in [2.45, 2.75) is 57.7 Å². The molecule has 0 atom stereocenters. The third kappa shape index (κ3) is 4.35. The largest absolute Gasteiger partial charge is 0.369 e. The van der Waals surface area contributed by atoms with E-state index in [1.807, 2.05) is 18.2 Å². The molecular formula is C17H24ClIO. The van der Waals surface area contributed by atoms with E-state index in [1.165, 1.54) is 38.5 Å². The summed E-state index contributed by atoms with van der Waals surface area (Å²) in [6.45, 7) is 2.93. The molecule has 1 nitrogen and oxygen atoms in total. The van der Waals surface area contributed by atoms with Gasteiger partial charge < -0.3 is 4.74 Å². The fraction of sp³-hybridized carbons (Fsp3) is 0.647. The maximum Gasteiger partial charge on any atom is 0.0776 e. The van der Waals surface area contributed by atoms with Gasteiger partial charge in [0.25, 0.3) is 0 Å². The second-order valence-corrected chi connectivity index (χ2v) is 7.10. The Morgan fingerprint density at radius 1 is 1.30 bits per heavy atom. The van der Waals surface area contributed by atoms with Gasteiger partial charge >= 0.3 is 0 Å². The first-order valence-corrected chi connectivity index (χ1v) is 9.53. The smallest absolute Gasteiger partial charge is 0.0776 e. The summed E-state index contributed by atoms with van der Waals surface area (Å²) >= 11 is 8.69. The average Bonchev–Trinajstić information content (AvgIpc) is 2.49. The van der Waals surface area contributed by atoms with Gasteiger partial charge in [-0.25, -0.2) is 0 Å². The van der Waals surface area contributed by atoms with Gasteiger partial charge in [0, 0.05) is 9.45 Å². The summed E-state index contributed by atoms with van der Waals surface area (Å²) in [5.74, 6) is 0.917. The van der Waals surface area contributed by atoms with Gasteiger partial charge in [0.2, 0.25) is 0 Å². The Labute approximate surface area is 141 Å². The van der Waals surface area contributed by atoms with E-state index in [1.54, 1.807) is 0 Å². The number of benzene rings is 1. The maximum atomic E-state index is 6.32. The first-order valence-electron chi connectivity index (χ1n) is 7.62. The van der Waals surface area contributed by atoms with Crippen molar-refractivity contribution in [3.8, 4) is 0 Å². The summed E-state index contributed by atoms with van der Waals surface area (Å²) in [6.07, 6.45) is 7.72. The van der Waals surface area contributed by atoms with Gasteiger partial charge in [0.15, 0.2) is 0 Å². The van der Waals surface area contributed by atoms with E-state index in [0.717, 1.165) is 20.9 Å². The van der Waals surface area contributed by atoms with Crippen LogP contribution in [0.15, 0.2) is 24.3 Å². The van der Waals surface area contributed by atoms with Crippen molar-refractivity contribution in [1.82, 2.24) is 0 Å². The normalized spacial score (nSPS) is 26.6. The van der Waals surface area contributed by atoms with E-state index in [0.29, 0.717) is 6.61 Å². The zero-order valence-electron chi connectivity index (χ0n) is 12.2. The molecule has 1 aromatic carbocycles. The van der Waals surface area contributed by atoms with E-state index < -0.39 is 0 Å². The Bertz CT molecular complexity index is 413. The molecule has 2 rings (SSSR count). The first-order chi connectivity index (χ1) is 9.69. The van der Waals surface area contributed by atoms with Gasteiger partial charge in [0.05, 0.1) is 12.2 Å². The molecule has 0 saturated heterocycles. The highest BCUT2D eigenvalue weighted by Crippen LogP contribution is 2.38. The fourth-order valence-corrected chi connectivity index (χ4v) is 4.24. The van der Waals surface area contributed by atoms with Crippen LogP contribution in [-0.4, -0.2) is 10.0 Å². The highest BCUT2D eigenvalue weighted by Gasteiger charge is 2.35. The van der Waals surface area contributed by atoms with Crippen molar-refractivity contribution < 1.29 is 4.74 Å². The van der Waals surface area contributed by atoms with E-state index in [-0.39, 0.29) is 5.60 Å². The molecule has 0 radical (unpaired) electrons. The average molecular weight is 407 g/mol. The van der Waals surface area contributed by atoms with Crippen molar-refractivity contribution in [3.63, 3.8) is 0 Å². The predicted octanol–water partition coefficient (Wildman–Crippen LogP) is 6.02. The number of halogens is 2. The SMILES string of the molecule is CCCC1CCC(CI)(OCc2ccccc2Cl)CC1. The molecule has 0 spiro atoms. The van der Waals surface area contributed by atoms with Crippen molar-refractivity contribution in [2.75, 3.05) is 4.43 Å². The standard InChI is InChI=1S/C17H24ClIO/c1-2-5-14-8-10-17(13-19,11-9-14)20-12-15-6-3-4-7-16(15)18/h3-4,6-7,14H,2,5,8-13H2,1H3. The van der Waals surface area contributed by atoms with Gasteiger partial charge in [-0.15, -0.1) is 0 Å². The zero-order valence-corrected chi connectivity index (χ0v) is 15.1. The van der Waals surface area contributed by atoms with Crippen LogP contribution in [0, 0.1) is 5.92 Å². The van der Waals surface area contributed by atoms with Gasteiger partial charge in [0.1, 0.15) is 0 Å². The Morgan fingerprint density at radius 2 is 2.00 bits per heavy atom. The van der Waals surface area contributed by atoms with Gasteiger partial charge in [-0.1, -0.05) is 72.2 Å². The summed E-state index contributed by atoms with van der Waals surface area (Å²) in [4.78, 5) is 0. The summed E-state index contributed by atoms with van der Waals surface area (Å²) in [7, 11) is 0. The molecule has 1 aromatic rings. The van der Waals surface area contributed by atoms with E-state index in [9.17, 15) is 0 Å². The fourth-order valence-electron chi connectivity index (χ4n) is 3.06. The lowest BCUT2D eigenvalue weighted by molar-refractivity contribution is -0.0693. The molecule has 1 aliphatic carbocycles. The van der Waals surface area contributed by atoms with Crippen molar-refractivity contribution in [1.29, 1.82) is 0 Å². The lowest BCUT2D eigenvalue weighted by Gasteiger charge is -2.39. The highest BCUT2D eigenvalue weighted by atomic mass is 127. The summed E-state index contributed by atoms with van der Waals surface area (Å²) in [6, 6.07) is 8.00. The Hall–Kier alpha value is 0.200. The first kappa shape index (κ1) is 16.6. The summed E-state index contributed by atoms with van der Waals surface area (Å²) in [5, 5.41) is 0.816. The Kier molecular flexibility index (Phi) is 6.63. The predicted molar refractivity (Wildman–Crippen MR) is 94.7 cm³/mol. The quantitative estimate of drug-likeness (QED) is 0.414. The topological polar surface area (TPSA) is 9.23 Å². The second kappa shape index (κ2) is 8.00. The molecule has 0 heterocycles. The molecule has 1 fully saturated rings. The van der Waals surface area contributed by atoms with Crippen LogP contribution in [0.2, 0.25) is 5.02 Å². The lowest BCUT2D eigenvalue weighted by Crippen LogP contribution is -2.38. The third-order valence-electron chi connectivity index (χ3n) is 4.45. The van der Waals surface area contributed by atoms with Crippen LogP contribution in [-0.2, 0) is 11.3 Å². The molecule has 0 N–H and O–H groups in total. The van der Waals surface area contributed by atoms with Gasteiger partial charge in [-0.05, 0) is 43.2 Å². The van der Waals surface area contributed by atoms with Crippen molar-refractivity contribution in [2.24, 2.45) is 5.92 Å². The molecule has 112 valence electrons. The number of rotatable bonds is 6. The van der Waals surface area contributed by atoms with Crippen LogP contribution < -0.4 is 0 Å². The minimum absolute atomic E-state index is 0.0734. The lowest BCUT2D eigenvalue weighted by atomic mass is 9.78. The third-order valence-corrected chi connectivity index (χ3v) is 6.21. The van der Waals surface area contributed by atoms with Crippen LogP contribution in [0.5, 0.6) is 0 Å². The number of alkyl halides is 1. The highest BCUT2D eigenvalue weighted by molar-refractivity contribution is 14.1. The van der Waals surface area contributed by atoms with Crippen molar-refractivity contribution in [3.05, 3.63) is 34.9 Å². The maximum absolute atomic E-state index is 6.32. The molecule has 3 heteroatoms. The molecule has 0 unspecified atom stereocenters. The molecule has 0 bridgehead atoms. The molecular weight excluding hydrogens is 383 g/mol. The number of hydrogen-bond donors (Lipinski definition) is 0. The minimum Gasteiger partial charge on any atom is -0.369 e. The number of hydrogen-bond acceptors (Lipinski definition) is 1. The molecule has 0 aliphatic heterocycles. The monoisotopic (exact) mass is 406 g/mol. The minimum atomic E-state index is 0.0734. The van der Waals surface area contributed by atoms with E-state index >= 15 is 0 Å². The van der Waals surface area contributed by atoms with Gasteiger partial charge in [-0.3, -0.25) is 0 Å². The number of ether oxygens (including phenoxy) is 1. The van der Waals surface area contributed by atoms with E-state index in [4.69, 9.17) is 16.3 Å². The second-order valence-electron chi connectivity index (χ2n) is 5.93. The van der Waals surface area contributed by atoms with Gasteiger partial charge in [-0.2, -0.15) is 0 Å². The van der Waals surface area contributed by atoms with Crippen LogP contribution >= 0.6 is 34.2 Å². The Balaban J connectivity index is 1.91. The van der Waals surface area contributed by atoms with Crippen LogP contribution in [0.25, 0.3) is 0 Å². The molecule has 1 aliphatic rings. The molecule has 0 aromatic heterocycles. The van der Waals surface area contributed by atoms with Crippen molar-refractivity contribution >= 4 is 34.2 Å². The summed E-state index contributed by atoms with van der Waals surface area (Å²) in [5.41, 5.74) is 1.18.